The van der Waals surface area contributed by atoms with Crippen molar-refractivity contribution in [2.45, 2.75) is 269 Å². The van der Waals surface area contributed by atoms with Gasteiger partial charge in [0.15, 0.2) is 26.8 Å². The van der Waals surface area contributed by atoms with Crippen molar-refractivity contribution in [1.29, 1.82) is 0 Å². The van der Waals surface area contributed by atoms with Crippen LogP contribution >= 0.6 is 0 Å². The lowest BCUT2D eigenvalue weighted by molar-refractivity contribution is -0.303. The molecule has 7 atom stereocenters. The Hall–Kier alpha value is -3.88. The zero-order valence-corrected chi connectivity index (χ0v) is 48.8. The summed E-state index contributed by atoms with van der Waals surface area (Å²) in [6.45, 7) is 15.9. The molecular formula is C62H101NO11Si. The van der Waals surface area contributed by atoms with Gasteiger partial charge in [0.05, 0.1) is 30.4 Å². The van der Waals surface area contributed by atoms with Gasteiger partial charge >= 0.3 is 17.9 Å². The predicted molar refractivity (Wildman–Crippen MR) is 303 cm³/mol. The summed E-state index contributed by atoms with van der Waals surface area (Å²) in [4.78, 5) is 54.1. The zero-order chi connectivity index (χ0) is 54.7. The molecule has 2 N–H and O–H groups in total. The summed E-state index contributed by atoms with van der Waals surface area (Å²) in [7, 11) is -2.40. The Kier molecular flexibility index (Phi) is 33.0. The molecule has 1 aliphatic rings. The second kappa shape index (κ2) is 37.8. The predicted octanol–water partition coefficient (Wildman–Crippen LogP) is 14.7. The summed E-state index contributed by atoms with van der Waals surface area (Å²) >= 11 is 0. The molecule has 0 radical (unpaired) electrons. The van der Waals surface area contributed by atoms with Crippen LogP contribution in [-0.2, 0) is 37.7 Å². The number of esters is 3. The molecule has 2 aromatic rings. The normalized spacial score (nSPS) is 18.9. The fraction of sp³-hybridized carbons (Fsp3) is 0.710. The summed E-state index contributed by atoms with van der Waals surface area (Å²) in [5.74, 6) is -2.21. The van der Waals surface area contributed by atoms with E-state index in [0.717, 1.165) is 44.9 Å². The van der Waals surface area contributed by atoms with Crippen LogP contribution in [-0.4, -0.2) is 93.3 Å². The third kappa shape index (κ3) is 26.8. The maximum Gasteiger partial charge on any atom is 0.338 e. The van der Waals surface area contributed by atoms with Crippen molar-refractivity contribution < 1.29 is 52.4 Å². The molecule has 3 rings (SSSR count). The standard InChI is InChI=1S/C62H101NO11Si/c1-9-11-13-15-17-19-21-23-25-27-29-31-39-45-53(72-59(67)50-41-35-33-36-42-50)52(63-55(65)46-40-32-30-28-26-24-22-20-18-16-14-12-10-2)47-69-61-58(74-60(68)51-43-37-34-38-44-51)56(66)57(71-49(3)64)54(73-61)48-70-75(7,8)62(4,5)6/h33-39,41-45,52-54,56-58,61,66H,9-32,40,46-48H2,1-8H3,(H,63,65)/t52-,53+,54+,56-,57-,58+,61+/m0/s1. The maximum atomic E-state index is 14.0. The van der Waals surface area contributed by atoms with Crippen LogP contribution in [0.1, 0.15) is 229 Å². The van der Waals surface area contributed by atoms with Crippen LogP contribution in [0.4, 0.5) is 0 Å². The van der Waals surface area contributed by atoms with Gasteiger partial charge in [0.25, 0.3) is 0 Å². The van der Waals surface area contributed by atoms with Gasteiger partial charge in [-0.05, 0) is 67.7 Å². The van der Waals surface area contributed by atoms with E-state index >= 15 is 0 Å². The Morgan fingerprint density at radius 2 is 1.12 bits per heavy atom. The molecule has 1 aliphatic heterocycles. The van der Waals surface area contributed by atoms with Gasteiger partial charge in [-0.25, -0.2) is 9.59 Å². The van der Waals surface area contributed by atoms with Crippen LogP contribution in [0.2, 0.25) is 18.1 Å². The third-order valence-corrected chi connectivity index (χ3v) is 19.3. The fourth-order valence-corrected chi connectivity index (χ4v) is 10.1. The quantitative estimate of drug-likeness (QED) is 0.0215. The van der Waals surface area contributed by atoms with Crippen molar-refractivity contribution in [3.05, 3.63) is 83.9 Å². The Bertz CT molecular complexity index is 1870. The number of allylic oxidation sites excluding steroid dienone is 1. The van der Waals surface area contributed by atoms with Gasteiger partial charge in [0.1, 0.15) is 18.3 Å². The summed E-state index contributed by atoms with van der Waals surface area (Å²) in [5, 5.41) is 15.1. The number of rotatable bonds is 40. The number of aliphatic hydroxyl groups excluding tert-OH is 1. The number of carbonyl (C=O) groups excluding carboxylic acids is 4. The van der Waals surface area contributed by atoms with Gasteiger partial charge in [-0.1, -0.05) is 218 Å². The van der Waals surface area contributed by atoms with Gasteiger partial charge in [-0.2, -0.15) is 0 Å². The Labute approximate surface area is 454 Å². The van der Waals surface area contributed by atoms with Crippen LogP contribution in [0.25, 0.3) is 0 Å². The lowest BCUT2D eigenvalue weighted by Gasteiger charge is -2.45. The number of hydrogen-bond acceptors (Lipinski definition) is 11. The molecule has 0 aliphatic carbocycles. The Morgan fingerprint density at radius 1 is 0.653 bits per heavy atom. The van der Waals surface area contributed by atoms with Crippen molar-refractivity contribution in [2.75, 3.05) is 13.2 Å². The molecule has 13 heteroatoms. The molecule has 424 valence electrons. The SMILES string of the molecule is CCCCCCCCCCCCCC=C[C@@H](OC(=O)c1ccccc1)[C@H](CO[C@@H]1O[C@H](CO[Si](C)(C)C(C)(C)C)[C@H](OC(C)=O)[C@H](O)[C@H]1OC(=O)c1ccccc1)NC(=O)CCCCCCCCCCCCCCC. The van der Waals surface area contributed by atoms with Gasteiger partial charge < -0.3 is 38.5 Å². The Morgan fingerprint density at radius 3 is 1.60 bits per heavy atom. The average Bonchev–Trinajstić information content (AvgIpc) is 3.38. The number of amides is 1. The van der Waals surface area contributed by atoms with Crippen LogP contribution in [0, 0.1) is 0 Å². The molecular weight excluding hydrogens is 963 g/mol. The molecule has 75 heavy (non-hydrogen) atoms. The van der Waals surface area contributed by atoms with E-state index in [2.05, 4.69) is 53.0 Å². The van der Waals surface area contributed by atoms with E-state index in [0.29, 0.717) is 12.0 Å². The molecule has 1 saturated heterocycles. The average molecular weight is 1060 g/mol. The number of ether oxygens (including phenoxy) is 5. The van der Waals surface area contributed by atoms with Crippen LogP contribution in [0.15, 0.2) is 72.8 Å². The number of nitrogens with one attached hydrogen (secondary N) is 1. The maximum absolute atomic E-state index is 14.0. The van der Waals surface area contributed by atoms with E-state index in [1.54, 1.807) is 54.6 Å². The van der Waals surface area contributed by atoms with Crippen molar-refractivity contribution in [2.24, 2.45) is 0 Å². The van der Waals surface area contributed by atoms with E-state index in [4.69, 9.17) is 28.1 Å². The summed E-state index contributed by atoms with van der Waals surface area (Å²) in [6, 6.07) is 16.1. The molecule has 0 unspecified atom stereocenters. The van der Waals surface area contributed by atoms with Gasteiger partial charge in [-0.15, -0.1) is 0 Å². The van der Waals surface area contributed by atoms with E-state index in [9.17, 15) is 24.3 Å². The lowest BCUT2D eigenvalue weighted by atomic mass is 9.98. The minimum absolute atomic E-state index is 0.0525. The molecule has 0 saturated carbocycles. The molecule has 1 amide bonds. The highest BCUT2D eigenvalue weighted by molar-refractivity contribution is 6.74. The minimum Gasteiger partial charge on any atom is -0.457 e. The van der Waals surface area contributed by atoms with E-state index in [-0.39, 0.29) is 36.1 Å². The number of hydrogen-bond donors (Lipinski definition) is 2. The number of aliphatic hydroxyl groups is 1. The lowest BCUT2D eigenvalue weighted by Crippen LogP contribution is -2.63. The topological polar surface area (TPSA) is 156 Å². The van der Waals surface area contributed by atoms with Crippen molar-refractivity contribution in [3.8, 4) is 0 Å². The number of unbranched alkanes of at least 4 members (excludes halogenated alkanes) is 23. The summed E-state index contributed by atoms with van der Waals surface area (Å²) in [5.41, 5.74) is 0.581. The zero-order valence-electron chi connectivity index (χ0n) is 47.8. The third-order valence-electron chi connectivity index (χ3n) is 14.8. The number of carbonyl (C=O) groups is 4. The van der Waals surface area contributed by atoms with Gasteiger partial charge in [-0.3, -0.25) is 9.59 Å². The number of benzene rings is 2. The van der Waals surface area contributed by atoms with Crippen LogP contribution in [0.3, 0.4) is 0 Å². The van der Waals surface area contributed by atoms with Crippen LogP contribution < -0.4 is 5.32 Å². The van der Waals surface area contributed by atoms with Crippen LogP contribution in [0.5, 0.6) is 0 Å². The highest BCUT2D eigenvalue weighted by atomic mass is 28.4. The monoisotopic (exact) mass is 1060 g/mol. The summed E-state index contributed by atoms with van der Waals surface area (Å²) < 4.78 is 37.7. The van der Waals surface area contributed by atoms with Crippen molar-refractivity contribution >= 4 is 32.1 Å². The van der Waals surface area contributed by atoms with Gasteiger partial charge in [0.2, 0.25) is 5.91 Å². The minimum atomic E-state index is -2.40. The van der Waals surface area contributed by atoms with E-state index < -0.39 is 69.1 Å². The molecule has 0 spiro atoms. The Balaban J connectivity index is 1.88. The highest BCUT2D eigenvalue weighted by Crippen LogP contribution is 2.38. The highest BCUT2D eigenvalue weighted by Gasteiger charge is 2.51. The molecule has 12 nitrogen and oxygen atoms in total. The largest absolute Gasteiger partial charge is 0.457 e. The fourth-order valence-electron chi connectivity index (χ4n) is 9.08. The van der Waals surface area contributed by atoms with Gasteiger partial charge in [0, 0.05) is 13.3 Å². The van der Waals surface area contributed by atoms with E-state index in [1.807, 2.05) is 18.2 Å². The first-order chi connectivity index (χ1) is 36.1. The molecule has 1 heterocycles. The first kappa shape index (κ1) is 65.4. The second-order valence-corrected chi connectivity index (χ2v) is 27.2. The first-order valence-electron chi connectivity index (χ1n) is 29.3. The smallest absolute Gasteiger partial charge is 0.338 e. The first-order valence-corrected chi connectivity index (χ1v) is 32.2. The molecule has 0 aromatic heterocycles. The summed E-state index contributed by atoms with van der Waals surface area (Å²) in [6.07, 6.45) is 25.9. The second-order valence-electron chi connectivity index (χ2n) is 22.4. The van der Waals surface area contributed by atoms with E-state index in [1.165, 1.54) is 116 Å². The van der Waals surface area contributed by atoms with Crippen molar-refractivity contribution in [3.63, 3.8) is 0 Å². The molecule has 0 bridgehead atoms. The molecule has 2 aromatic carbocycles. The van der Waals surface area contributed by atoms with Crippen molar-refractivity contribution in [1.82, 2.24) is 5.32 Å². The molecule has 1 fully saturated rings.